The highest BCUT2D eigenvalue weighted by Gasteiger charge is 2.65. The van der Waals surface area contributed by atoms with Crippen molar-refractivity contribution < 1.29 is 0 Å². The van der Waals surface area contributed by atoms with Gasteiger partial charge in [-0.25, -0.2) is 0 Å². The van der Waals surface area contributed by atoms with Crippen molar-refractivity contribution >= 4 is 46.4 Å². The molecule has 0 amide bonds. The van der Waals surface area contributed by atoms with E-state index in [0.29, 0.717) is 61.6 Å². The molecule has 1 aromatic rings. The lowest BCUT2D eigenvalue weighted by molar-refractivity contribution is 0.0539. The average Bonchev–Trinajstić information content (AvgIpc) is 3.31. The summed E-state index contributed by atoms with van der Waals surface area (Å²) in [5.41, 5.74) is 2.29. The van der Waals surface area contributed by atoms with Crippen LogP contribution < -0.4 is 0 Å². The lowest BCUT2D eigenvalue weighted by atomic mass is 9.57. The highest BCUT2D eigenvalue weighted by molar-refractivity contribution is 6.52. The molecule has 24 heavy (non-hydrogen) atoms. The lowest BCUT2D eigenvalue weighted by Crippen LogP contribution is -2.53. The Hall–Kier alpha value is -0.280. The van der Waals surface area contributed by atoms with E-state index in [2.05, 4.69) is 12.2 Å². The van der Waals surface area contributed by atoms with Gasteiger partial charge in [0, 0.05) is 5.92 Å². The maximum absolute atomic E-state index is 6.61. The van der Waals surface area contributed by atoms with Crippen molar-refractivity contribution in [3.63, 3.8) is 0 Å². The summed E-state index contributed by atoms with van der Waals surface area (Å²) in [6.45, 7) is 0. The molecule has 7 rings (SSSR count). The molecule has 8 atom stereocenters. The fourth-order valence-corrected chi connectivity index (χ4v) is 7.67. The Morgan fingerprint density at radius 3 is 2.04 bits per heavy atom. The molecule has 124 valence electrons. The first-order chi connectivity index (χ1) is 11.6. The second-order valence-electron chi connectivity index (χ2n) is 7.80. The number of benzene rings is 1. The van der Waals surface area contributed by atoms with Crippen LogP contribution >= 0.6 is 46.4 Å². The van der Waals surface area contributed by atoms with Crippen LogP contribution in [0.15, 0.2) is 22.4 Å². The quantitative estimate of drug-likeness (QED) is 0.269. The van der Waals surface area contributed by atoms with Crippen LogP contribution in [0.5, 0.6) is 0 Å². The standard InChI is InChI=1S/C18H14Cl4N2/c19-13-9-7-4-8(10(9)14(20)16(22)15(13)21)12-11(7)17-5-2-1-3-6(5)18(12)24-23-17/h1-2,5-8,11-12,17-18H,3-4H2. The minimum Gasteiger partial charge on any atom is -0.190 e. The Kier molecular flexibility index (Phi) is 2.91. The predicted molar refractivity (Wildman–Crippen MR) is 96.7 cm³/mol. The van der Waals surface area contributed by atoms with Gasteiger partial charge in [-0.05, 0) is 53.6 Å². The van der Waals surface area contributed by atoms with Gasteiger partial charge in [0.2, 0.25) is 0 Å². The molecule has 6 aliphatic rings. The van der Waals surface area contributed by atoms with Crippen molar-refractivity contribution in [1.82, 2.24) is 0 Å². The monoisotopic (exact) mass is 398 g/mol. The van der Waals surface area contributed by atoms with Crippen LogP contribution in [0, 0.1) is 23.7 Å². The summed E-state index contributed by atoms with van der Waals surface area (Å²) in [6.07, 6.45) is 6.90. The largest absolute Gasteiger partial charge is 0.190 e. The van der Waals surface area contributed by atoms with Crippen molar-refractivity contribution in [2.24, 2.45) is 33.9 Å². The maximum atomic E-state index is 6.61. The van der Waals surface area contributed by atoms with E-state index < -0.39 is 0 Å². The number of hydrogen-bond donors (Lipinski definition) is 0. The molecule has 6 heteroatoms. The van der Waals surface area contributed by atoms with Crippen LogP contribution in [-0.2, 0) is 0 Å². The topological polar surface area (TPSA) is 24.7 Å². The molecule has 2 aliphatic heterocycles. The Bertz CT molecular complexity index is 848. The number of hydrogen-bond acceptors (Lipinski definition) is 2. The minimum atomic E-state index is 0.288. The molecule has 0 saturated heterocycles. The number of allylic oxidation sites excluding steroid dienone is 1. The Balaban J connectivity index is 1.57. The Morgan fingerprint density at radius 2 is 1.38 bits per heavy atom. The first-order valence-electron chi connectivity index (χ1n) is 8.52. The summed E-state index contributed by atoms with van der Waals surface area (Å²) in [7, 11) is 0. The average molecular weight is 400 g/mol. The predicted octanol–water partition coefficient (Wildman–Crippen LogP) is 6.53. The van der Waals surface area contributed by atoms with Gasteiger partial charge in [0.05, 0.1) is 32.2 Å². The van der Waals surface area contributed by atoms with Crippen molar-refractivity contribution in [3.05, 3.63) is 43.4 Å². The van der Waals surface area contributed by atoms with Gasteiger partial charge in [0.15, 0.2) is 0 Å². The molecule has 2 heterocycles. The van der Waals surface area contributed by atoms with E-state index in [9.17, 15) is 0 Å². The van der Waals surface area contributed by atoms with E-state index in [1.54, 1.807) is 0 Å². The fraction of sp³-hybridized carbons (Fsp3) is 0.556. The van der Waals surface area contributed by atoms with Crippen molar-refractivity contribution in [2.75, 3.05) is 0 Å². The van der Waals surface area contributed by atoms with Gasteiger partial charge >= 0.3 is 0 Å². The zero-order valence-electron chi connectivity index (χ0n) is 12.6. The SMILES string of the molecule is Clc1c(Cl)c(Cl)c2c(c1Cl)C1CC2C2C3N=NC(C4C=CCC43)C12. The van der Waals surface area contributed by atoms with Gasteiger partial charge < -0.3 is 0 Å². The van der Waals surface area contributed by atoms with Crippen LogP contribution in [0.3, 0.4) is 0 Å². The van der Waals surface area contributed by atoms with Gasteiger partial charge in [0.1, 0.15) is 0 Å². The molecule has 0 N–H and O–H groups in total. The number of azo groups is 1. The third-order valence-corrected chi connectivity index (χ3v) is 9.01. The van der Waals surface area contributed by atoms with Crippen LogP contribution in [0.2, 0.25) is 20.1 Å². The molecule has 2 saturated carbocycles. The second kappa shape index (κ2) is 4.71. The lowest BCUT2D eigenvalue weighted by Gasteiger charge is -2.51. The molecule has 0 spiro atoms. The summed E-state index contributed by atoms with van der Waals surface area (Å²) in [4.78, 5) is 0. The third kappa shape index (κ3) is 1.50. The number of nitrogens with zero attached hydrogens (tertiary/aromatic N) is 2. The molecular weight excluding hydrogens is 386 g/mol. The molecule has 4 aliphatic carbocycles. The molecule has 2 nitrogen and oxygen atoms in total. The maximum Gasteiger partial charge on any atom is 0.0811 e. The molecule has 0 radical (unpaired) electrons. The molecule has 0 aromatic heterocycles. The van der Waals surface area contributed by atoms with E-state index in [1.165, 1.54) is 0 Å². The molecule has 4 bridgehead atoms. The highest BCUT2D eigenvalue weighted by Crippen LogP contribution is 2.70. The van der Waals surface area contributed by atoms with Crippen LogP contribution in [0.4, 0.5) is 0 Å². The molecule has 2 fully saturated rings. The van der Waals surface area contributed by atoms with Crippen molar-refractivity contribution in [2.45, 2.75) is 36.8 Å². The molecular formula is C18H14Cl4N2. The van der Waals surface area contributed by atoms with Crippen molar-refractivity contribution in [3.8, 4) is 0 Å². The summed E-state index contributed by atoms with van der Waals surface area (Å²) in [5.74, 6) is 2.98. The van der Waals surface area contributed by atoms with E-state index >= 15 is 0 Å². The number of rotatable bonds is 0. The van der Waals surface area contributed by atoms with Gasteiger partial charge in [-0.1, -0.05) is 58.6 Å². The van der Waals surface area contributed by atoms with Crippen LogP contribution in [0.25, 0.3) is 0 Å². The van der Waals surface area contributed by atoms with E-state index in [-0.39, 0.29) is 6.04 Å². The van der Waals surface area contributed by atoms with E-state index in [4.69, 9.17) is 56.6 Å². The number of fused-ring (bicyclic) bond motifs is 5. The van der Waals surface area contributed by atoms with Crippen LogP contribution in [0.1, 0.15) is 35.8 Å². The van der Waals surface area contributed by atoms with Crippen LogP contribution in [-0.4, -0.2) is 12.1 Å². The van der Waals surface area contributed by atoms with Gasteiger partial charge in [-0.15, -0.1) is 0 Å². The summed E-state index contributed by atoms with van der Waals surface area (Å²) < 4.78 is 0. The minimum absolute atomic E-state index is 0.288. The zero-order valence-corrected chi connectivity index (χ0v) is 15.6. The fourth-order valence-electron chi connectivity index (χ4n) is 6.51. The first-order valence-corrected chi connectivity index (χ1v) is 10.0. The highest BCUT2D eigenvalue weighted by atomic mass is 35.5. The summed E-state index contributed by atoms with van der Waals surface area (Å²) in [5, 5.41) is 11.4. The first kappa shape index (κ1) is 14.8. The zero-order chi connectivity index (χ0) is 16.3. The third-order valence-electron chi connectivity index (χ3n) is 7.18. The van der Waals surface area contributed by atoms with E-state index in [1.807, 2.05) is 0 Å². The van der Waals surface area contributed by atoms with Gasteiger partial charge in [-0.3, -0.25) is 0 Å². The Labute approximate surface area is 160 Å². The van der Waals surface area contributed by atoms with Crippen molar-refractivity contribution in [1.29, 1.82) is 0 Å². The smallest absolute Gasteiger partial charge is 0.0811 e. The summed E-state index contributed by atoms with van der Waals surface area (Å²) >= 11 is 25.9. The van der Waals surface area contributed by atoms with Gasteiger partial charge in [-0.2, -0.15) is 10.2 Å². The molecule has 8 unspecified atom stereocenters. The normalized spacial score (nSPS) is 45.7. The number of halogens is 4. The molecule has 1 aromatic carbocycles. The van der Waals surface area contributed by atoms with E-state index in [0.717, 1.165) is 24.0 Å². The summed E-state index contributed by atoms with van der Waals surface area (Å²) in [6, 6.07) is 0.601. The van der Waals surface area contributed by atoms with Gasteiger partial charge in [0.25, 0.3) is 0 Å². The second-order valence-corrected chi connectivity index (χ2v) is 9.32. The Morgan fingerprint density at radius 1 is 0.792 bits per heavy atom.